The first-order valence-corrected chi connectivity index (χ1v) is 6.01. The number of piperidine rings is 1. The first kappa shape index (κ1) is 13.6. The molecule has 0 spiro atoms. The van der Waals surface area contributed by atoms with Crippen molar-refractivity contribution >= 4 is 29.9 Å². The monoisotopic (exact) mass is 290 g/mol. The van der Waals surface area contributed by atoms with Crippen molar-refractivity contribution in [3.63, 3.8) is 0 Å². The molecule has 0 bridgehead atoms. The lowest BCUT2D eigenvalue weighted by Crippen LogP contribution is -2.33. The average molecular weight is 291 g/mol. The van der Waals surface area contributed by atoms with Gasteiger partial charge < -0.3 is 10.6 Å². The van der Waals surface area contributed by atoms with Crippen LogP contribution >= 0.6 is 24.0 Å². The van der Waals surface area contributed by atoms with Gasteiger partial charge in [-0.1, -0.05) is 11.6 Å². The largest absolute Gasteiger partial charge is 0.349 e. The highest BCUT2D eigenvalue weighted by Crippen LogP contribution is 2.41. The lowest BCUT2D eigenvalue weighted by Gasteiger charge is -2.08. The first-order valence-electron chi connectivity index (χ1n) is 5.63. The van der Waals surface area contributed by atoms with Gasteiger partial charge in [0.05, 0.1) is 5.56 Å². The van der Waals surface area contributed by atoms with Gasteiger partial charge in [0.15, 0.2) is 0 Å². The summed E-state index contributed by atoms with van der Waals surface area (Å²) in [4.78, 5) is 11.9. The number of hydrogen-bond donors (Lipinski definition) is 2. The molecule has 0 radical (unpaired) electrons. The van der Waals surface area contributed by atoms with Crippen LogP contribution in [0.4, 0.5) is 4.39 Å². The Hall–Kier alpha value is -0.840. The molecule has 18 heavy (non-hydrogen) atoms. The molecular weight excluding hydrogens is 278 g/mol. The Morgan fingerprint density at radius 2 is 2.06 bits per heavy atom. The summed E-state index contributed by atoms with van der Waals surface area (Å²) in [6, 6.07) is 4.21. The minimum Gasteiger partial charge on any atom is -0.349 e. The van der Waals surface area contributed by atoms with E-state index in [-0.39, 0.29) is 29.9 Å². The number of carbonyl (C=O) groups is 1. The van der Waals surface area contributed by atoms with Crippen molar-refractivity contribution in [3.05, 3.63) is 34.6 Å². The Balaban J connectivity index is 0.00000120. The summed E-state index contributed by atoms with van der Waals surface area (Å²) >= 11 is 5.75. The van der Waals surface area contributed by atoms with Gasteiger partial charge in [-0.2, -0.15) is 0 Å². The zero-order chi connectivity index (χ0) is 12.0. The SMILES string of the molecule is Cl.O=C(NC1C2CNCC21)c1cc(Cl)ccc1F. The fraction of sp³-hybridized carbons (Fsp3) is 0.417. The Morgan fingerprint density at radius 3 is 2.72 bits per heavy atom. The molecule has 2 atom stereocenters. The van der Waals surface area contributed by atoms with E-state index in [1.54, 1.807) is 0 Å². The molecule has 1 aliphatic heterocycles. The lowest BCUT2D eigenvalue weighted by atomic mass is 10.2. The maximum atomic E-state index is 13.4. The van der Waals surface area contributed by atoms with E-state index >= 15 is 0 Å². The van der Waals surface area contributed by atoms with Crippen molar-refractivity contribution in [1.82, 2.24) is 10.6 Å². The molecule has 3 nitrogen and oxygen atoms in total. The molecule has 1 saturated heterocycles. The number of carbonyl (C=O) groups excluding carboxylic acids is 1. The molecule has 1 aromatic carbocycles. The molecule has 3 rings (SSSR count). The maximum absolute atomic E-state index is 13.4. The summed E-state index contributed by atoms with van der Waals surface area (Å²) in [5, 5.41) is 6.47. The molecule has 1 aromatic rings. The van der Waals surface area contributed by atoms with Crippen LogP contribution in [0.15, 0.2) is 18.2 Å². The molecular formula is C12H13Cl2FN2O. The Kier molecular flexibility index (Phi) is 3.80. The van der Waals surface area contributed by atoms with Crippen LogP contribution in [-0.4, -0.2) is 25.0 Å². The minimum atomic E-state index is -0.532. The second-order valence-corrected chi connectivity index (χ2v) is 5.05. The predicted molar refractivity (Wildman–Crippen MR) is 69.8 cm³/mol. The highest BCUT2D eigenvalue weighted by Gasteiger charge is 2.53. The molecule has 2 aliphatic rings. The Bertz CT molecular complexity index is 473. The van der Waals surface area contributed by atoms with E-state index < -0.39 is 5.82 Å². The molecule has 1 amide bonds. The highest BCUT2D eigenvalue weighted by molar-refractivity contribution is 6.31. The smallest absolute Gasteiger partial charge is 0.254 e. The van der Waals surface area contributed by atoms with Gasteiger partial charge in [0.1, 0.15) is 5.82 Å². The highest BCUT2D eigenvalue weighted by atomic mass is 35.5. The van der Waals surface area contributed by atoms with Gasteiger partial charge in [0.25, 0.3) is 5.91 Å². The van der Waals surface area contributed by atoms with Gasteiger partial charge in [-0.05, 0) is 30.0 Å². The van der Waals surface area contributed by atoms with Crippen LogP contribution in [-0.2, 0) is 0 Å². The number of benzene rings is 1. The molecule has 98 valence electrons. The number of rotatable bonds is 2. The first-order chi connectivity index (χ1) is 8.16. The van der Waals surface area contributed by atoms with E-state index in [1.807, 2.05) is 0 Å². The molecule has 1 saturated carbocycles. The van der Waals surface area contributed by atoms with Crippen molar-refractivity contribution in [3.8, 4) is 0 Å². The van der Waals surface area contributed by atoms with Gasteiger partial charge in [-0.3, -0.25) is 4.79 Å². The molecule has 6 heteroatoms. The summed E-state index contributed by atoms with van der Waals surface area (Å²) in [5.41, 5.74) is 0.0235. The summed E-state index contributed by atoms with van der Waals surface area (Å²) in [6.45, 7) is 1.88. The van der Waals surface area contributed by atoms with Gasteiger partial charge in [0.2, 0.25) is 0 Å². The van der Waals surface area contributed by atoms with Crippen LogP contribution in [0, 0.1) is 17.7 Å². The quantitative estimate of drug-likeness (QED) is 0.873. The molecule has 2 unspecified atom stereocenters. The van der Waals surface area contributed by atoms with Gasteiger partial charge in [-0.15, -0.1) is 12.4 Å². The van der Waals surface area contributed by atoms with E-state index in [0.717, 1.165) is 13.1 Å². The van der Waals surface area contributed by atoms with Crippen molar-refractivity contribution < 1.29 is 9.18 Å². The van der Waals surface area contributed by atoms with E-state index in [9.17, 15) is 9.18 Å². The maximum Gasteiger partial charge on any atom is 0.254 e. The fourth-order valence-corrected chi connectivity index (χ4v) is 2.71. The second-order valence-electron chi connectivity index (χ2n) is 4.61. The lowest BCUT2D eigenvalue weighted by molar-refractivity contribution is 0.0942. The van der Waals surface area contributed by atoms with Crippen LogP contribution < -0.4 is 10.6 Å². The van der Waals surface area contributed by atoms with Crippen molar-refractivity contribution in [1.29, 1.82) is 0 Å². The molecule has 2 fully saturated rings. The summed E-state index contributed by atoms with van der Waals surface area (Å²) in [5.74, 6) is 0.127. The third-order valence-corrected chi connectivity index (χ3v) is 3.80. The van der Waals surface area contributed by atoms with E-state index in [0.29, 0.717) is 16.9 Å². The third kappa shape index (κ3) is 2.32. The van der Waals surface area contributed by atoms with Crippen LogP contribution in [0.1, 0.15) is 10.4 Å². The van der Waals surface area contributed by atoms with Crippen molar-refractivity contribution in [2.45, 2.75) is 6.04 Å². The summed E-state index contributed by atoms with van der Waals surface area (Å²) < 4.78 is 13.4. The van der Waals surface area contributed by atoms with Crippen LogP contribution in [0.25, 0.3) is 0 Å². The third-order valence-electron chi connectivity index (χ3n) is 3.56. The van der Waals surface area contributed by atoms with E-state index in [1.165, 1.54) is 18.2 Å². The van der Waals surface area contributed by atoms with Gasteiger partial charge >= 0.3 is 0 Å². The number of amides is 1. The number of nitrogens with one attached hydrogen (secondary N) is 2. The standard InChI is InChI=1S/C12H12ClFN2O.ClH/c13-6-1-2-10(14)7(3-6)12(17)16-11-8-4-15-5-9(8)11;/h1-3,8-9,11,15H,4-5H2,(H,16,17);1H. The summed E-state index contributed by atoms with van der Waals surface area (Å²) in [6.07, 6.45) is 0. The molecule has 1 heterocycles. The predicted octanol–water partition coefficient (Wildman–Crippen LogP) is 1.85. The number of hydrogen-bond acceptors (Lipinski definition) is 2. The molecule has 0 aromatic heterocycles. The second kappa shape index (κ2) is 5.03. The molecule has 2 N–H and O–H groups in total. The Labute approximate surface area is 115 Å². The number of fused-ring (bicyclic) bond motifs is 1. The fourth-order valence-electron chi connectivity index (χ4n) is 2.53. The normalized spacial score (nSPS) is 28.2. The van der Waals surface area contributed by atoms with Crippen molar-refractivity contribution in [2.24, 2.45) is 11.8 Å². The van der Waals surface area contributed by atoms with Crippen LogP contribution in [0.2, 0.25) is 5.02 Å². The summed E-state index contributed by atoms with van der Waals surface area (Å²) in [7, 11) is 0. The average Bonchev–Trinajstić information content (AvgIpc) is 2.76. The zero-order valence-corrected chi connectivity index (χ0v) is 11.0. The number of halogens is 3. The van der Waals surface area contributed by atoms with E-state index in [2.05, 4.69) is 10.6 Å². The van der Waals surface area contributed by atoms with Crippen LogP contribution in [0.3, 0.4) is 0 Å². The minimum absolute atomic E-state index is 0. The topological polar surface area (TPSA) is 41.1 Å². The zero-order valence-electron chi connectivity index (χ0n) is 9.45. The van der Waals surface area contributed by atoms with E-state index in [4.69, 9.17) is 11.6 Å². The Morgan fingerprint density at radius 1 is 1.39 bits per heavy atom. The van der Waals surface area contributed by atoms with Crippen molar-refractivity contribution in [2.75, 3.05) is 13.1 Å². The van der Waals surface area contributed by atoms with Crippen LogP contribution in [0.5, 0.6) is 0 Å². The van der Waals surface area contributed by atoms with Gasteiger partial charge in [0, 0.05) is 24.2 Å². The van der Waals surface area contributed by atoms with Gasteiger partial charge in [-0.25, -0.2) is 4.39 Å². The molecule has 1 aliphatic carbocycles.